The molecule has 1 aliphatic heterocycles. The number of aromatic nitrogens is 4. The standard InChI is InChI=1S/C13H16N6O/c1-9-15-11(18-17-9)13(20)16-10-5-4-6-14-12(10)19-7-2-3-8-19/h4-6H,2-3,7-8H2,1H3,(H,16,20)(H,15,17,18). The Morgan fingerprint density at radius 2 is 2.20 bits per heavy atom. The summed E-state index contributed by atoms with van der Waals surface area (Å²) in [7, 11) is 0. The lowest BCUT2D eigenvalue weighted by Gasteiger charge is -2.19. The highest BCUT2D eigenvalue weighted by Gasteiger charge is 2.19. The fourth-order valence-corrected chi connectivity index (χ4v) is 2.30. The highest BCUT2D eigenvalue weighted by Crippen LogP contribution is 2.26. The molecule has 1 fully saturated rings. The molecule has 3 heterocycles. The van der Waals surface area contributed by atoms with Gasteiger partial charge in [0.2, 0.25) is 5.82 Å². The molecule has 1 aliphatic rings. The van der Waals surface area contributed by atoms with Gasteiger partial charge in [-0.1, -0.05) is 0 Å². The minimum atomic E-state index is -0.331. The second kappa shape index (κ2) is 5.28. The molecule has 0 unspecified atom stereocenters. The average Bonchev–Trinajstić information content (AvgIpc) is 3.10. The first-order chi connectivity index (χ1) is 9.74. The molecule has 0 atom stereocenters. The fourth-order valence-electron chi connectivity index (χ4n) is 2.30. The van der Waals surface area contributed by atoms with Crippen LogP contribution in [0, 0.1) is 6.92 Å². The number of aromatic amines is 1. The number of rotatable bonds is 3. The van der Waals surface area contributed by atoms with E-state index in [1.165, 1.54) is 0 Å². The number of amides is 1. The molecule has 7 heteroatoms. The molecule has 1 saturated heterocycles. The molecule has 7 nitrogen and oxygen atoms in total. The lowest BCUT2D eigenvalue weighted by molar-refractivity contribution is 0.101. The molecule has 0 aliphatic carbocycles. The van der Waals surface area contributed by atoms with Crippen molar-refractivity contribution in [3.05, 3.63) is 30.0 Å². The summed E-state index contributed by atoms with van der Waals surface area (Å²) in [6, 6.07) is 3.65. The summed E-state index contributed by atoms with van der Waals surface area (Å²) in [5.41, 5.74) is 0.696. The van der Waals surface area contributed by atoms with Gasteiger partial charge < -0.3 is 10.2 Å². The topological polar surface area (TPSA) is 86.8 Å². The average molecular weight is 272 g/mol. The number of aryl methyl sites for hydroxylation is 1. The van der Waals surface area contributed by atoms with Crippen molar-refractivity contribution in [1.29, 1.82) is 0 Å². The van der Waals surface area contributed by atoms with Crippen LogP contribution in [0.3, 0.4) is 0 Å². The van der Waals surface area contributed by atoms with E-state index in [9.17, 15) is 4.79 Å². The molecule has 0 saturated carbocycles. The van der Waals surface area contributed by atoms with E-state index in [1.807, 2.05) is 6.07 Å². The maximum Gasteiger partial charge on any atom is 0.295 e. The van der Waals surface area contributed by atoms with Crippen molar-refractivity contribution < 1.29 is 4.79 Å². The summed E-state index contributed by atoms with van der Waals surface area (Å²) in [5, 5.41) is 9.34. The molecule has 20 heavy (non-hydrogen) atoms. The second-order valence-corrected chi connectivity index (χ2v) is 4.77. The van der Waals surface area contributed by atoms with Crippen LogP contribution in [0.2, 0.25) is 0 Å². The third-order valence-corrected chi connectivity index (χ3v) is 3.24. The van der Waals surface area contributed by atoms with Crippen molar-refractivity contribution in [2.75, 3.05) is 23.3 Å². The molecule has 104 valence electrons. The number of hydrogen-bond acceptors (Lipinski definition) is 5. The summed E-state index contributed by atoms with van der Waals surface area (Å²) < 4.78 is 0. The molecular weight excluding hydrogens is 256 g/mol. The van der Waals surface area contributed by atoms with E-state index >= 15 is 0 Å². The smallest absolute Gasteiger partial charge is 0.295 e. The van der Waals surface area contributed by atoms with Crippen molar-refractivity contribution >= 4 is 17.4 Å². The molecule has 3 rings (SSSR count). The predicted octanol–water partition coefficient (Wildman–Crippen LogP) is 1.36. The maximum atomic E-state index is 12.1. The van der Waals surface area contributed by atoms with Gasteiger partial charge in [-0.3, -0.25) is 9.89 Å². The Bertz CT molecular complexity index is 617. The quantitative estimate of drug-likeness (QED) is 0.881. The zero-order valence-corrected chi connectivity index (χ0v) is 11.3. The molecule has 2 N–H and O–H groups in total. The largest absolute Gasteiger partial charge is 0.355 e. The minimum absolute atomic E-state index is 0.138. The van der Waals surface area contributed by atoms with E-state index in [0.717, 1.165) is 31.7 Å². The van der Waals surface area contributed by atoms with Gasteiger partial charge in [0.25, 0.3) is 5.91 Å². The van der Waals surface area contributed by atoms with E-state index in [1.54, 1.807) is 19.2 Å². The molecule has 1 amide bonds. The number of H-pyrrole nitrogens is 1. The number of nitrogens with zero attached hydrogens (tertiary/aromatic N) is 4. The van der Waals surface area contributed by atoms with Crippen LogP contribution in [0.25, 0.3) is 0 Å². The van der Waals surface area contributed by atoms with Crippen LogP contribution in [-0.4, -0.2) is 39.2 Å². The molecule has 2 aromatic heterocycles. The highest BCUT2D eigenvalue weighted by molar-refractivity contribution is 6.03. The molecular formula is C13H16N6O. The Kier molecular flexibility index (Phi) is 3.32. The van der Waals surface area contributed by atoms with Crippen molar-refractivity contribution in [2.24, 2.45) is 0 Å². The summed E-state index contributed by atoms with van der Waals surface area (Å²) >= 11 is 0. The predicted molar refractivity (Wildman–Crippen MR) is 74.8 cm³/mol. The van der Waals surface area contributed by atoms with Crippen LogP contribution in [0.4, 0.5) is 11.5 Å². The van der Waals surface area contributed by atoms with Crippen molar-refractivity contribution in [1.82, 2.24) is 20.2 Å². The zero-order chi connectivity index (χ0) is 13.9. The number of pyridine rings is 1. The van der Waals surface area contributed by atoms with Gasteiger partial charge in [-0.15, -0.1) is 5.10 Å². The lowest BCUT2D eigenvalue weighted by Crippen LogP contribution is -2.22. The Hall–Kier alpha value is -2.44. The summed E-state index contributed by atoms with van der Waals surface area (Å²) in [6.07, 6.45) is 4.05. The van der Waals surface area contributed by atoms with Gasteiger partial charge in [0.05, 0.1) is 5.69 Å². The molecule has 0 radical (unpaired) electrons. The monoisotopic (exact) mass is 272 g/mol. The maximum absolute atomic E-state index is 12.1. The van der Waals surface area contributed by atoms with Crippen LogP contribution >= 0.6 is 0 Å². The molecule has 0 spiro atoms. The van der Waals surface area contributed by atoms with E-state index in [4.69, 9.17) is 0 Å². The van der Waals surface area contributed by atoms with Gasteiger partial charge in [-0.25, -0.2) is 9.97 Å². The Labute approximate surface area is 116 Å². The second-order valence-electron chi connectivity index (χ2n) is 4.77. The van der Waals surface area contributed by atoms with Crippen molar-refractivity contribution in [3.63, 3.8) is 0 Å². The van der Waals surface area contributed by atoms with E-state index < -0.39 is 0 Å². The van der Waals surface area contributed by atoms with Crippen LogP contribution in [0.15, 0.2) is 18.3 Å². The Morgan fingerprint density at radius 3 is 2.90 bits per heavy atom. The Balaban J connectivity index is 1.81. The number of hydrogen-bond donors (Lipinski definition) is 2. The van der Waals surface area contributed by atoms with Crippen LogP contribution in [-0.2, 0) is 0 Å². The normalized spacial score (nSPS) is 14.6. The Morgan fingerprint density at radius 1 is 1.40 bits per heavy atom. The van der Waals surface area contributed by atoms with E-state index in [-0.39, 0.29) is 11.7 Å². The molecule has 0 aromatic carbocycles. The van der Waals surface area contributed by atoms with Crippen molar-refractivity contribution in [3.8, 4) is 0 Å². The minimum Gasteiger partial charge on any atom is -0.355 e. The first-order valence-corrected chi connectivity index (χ1v) is 6.64. The summed E-state index contributed by atoms with van der Waals surface area (Å²) in [5.74, 6) is 1.23. The number of carbonyl (C=O) groups excluding carboxylic acids is 1. The van der Waals surface area contributed by atoms with Gasteiger partial charge in [-0.05, 0) is 31.9 Å². The first-order valence-electron chi connectivity index (χ1n) is 6.64. The van der Waals surface area contributed by atoms with Crippen LogP contribution in [0.1, 0.15) is 29.3 Å². The molecule has 0 bridgehead atoms. The van der Waals surface area contributed by atoms with Gasteiger partial charge in [0.1, 0.15) is 5.82 Å². The van der Waals surface area contributed by atoms with Crippen LogP contribution < -0.4 is 10.2 Å². The molecule has 2 aromatic rings. The zero-order valence-electron chi connectivity index (χ0n) is 11.3. The number of carbonyl (C=O) groups is 1. The van der Waals surface area contributed by atoms with Gasteiger partial charge in [0.15, 0.2) is 5.82 Å². The van der Waals surface area contributed by atoms with Gasteiger partial charge >= 0.3 is 0 Å². The highest BCUT2D eigenvalue weighted by atomic mass is 16.2. The first kappa shape index (κ1) is 12.6. The van der Waals surface area contributed by atoms with Gasteiger partial charge in [0, 0.05) is 19.3 Å². The third-order valence-electron chi connectivity index (χ3n) is 3.24. The third kappa shape index (κ3) is 2.47. The SMILES string of the molecule is Cc1nc(C(=O)Nc2cccnc2N2CCCC2)n[nH]1. The fraction of sp³-hybridized carbons (Fsp3) is 0.385. The van der Waals surface area contributed by atoms with E-state index in [2.05, 4.69) is 30.4 Å². The van der Waals surface area contributed by atoms with E-state index in [0.29, 0.717) is 11.5 Å². The number of nitrogens with one attached hydrogen (secondary N) is 2. The van der Waals surface area contributed by atoms with Crippen LogP contribution in [0.5, 0.6) is 0 Å². The summed E-state index contributed by atoms with van der Waals surface area (Å²) in [6.45, 7) is 3.70. The lowest BCUT2D eigenvalue weighted by atomic mass is 10.3. The van der Waals surface area contributed by atoms with Crippen molar-refractivity contribution in [2.45, 2.75) is 19.8 Å². The summed E-state index contributed by atoms with van der Waals surface area (Å²) in [4.78, 5) is 22.7. The number of anilines is 2. The van der Waals surface area contributed by atoms with Gasteiger partial charge in [-0.2, -0.15) is 0 Å².